The van der Waals surface area contributed by atoms with Gasteiger partial charge in [-0.05, 0) is 60.1 Å². The van der Waals surface area contributed by atoms with Crippen molar-refractivity contribution in [3.05, 3.63) is 41.0 Å². The van der Waals surface area contributed by atoms with Crippen LogP contribution < -0.4 is 0 Å². The Balaban J connectivity index is 1.96. The second kappa shape index (κ2) is 5.32. The van der Waals surface area contributed by atoms with Gasteiger partial charge in [-0.25, -0.2) is 4.79 Å². The van der Waals surface area contributed by atoms with Gasteiger partial charge < -0.3 is 4.74 Å². The van der Waals surface area contributed by atoms with Gasteiger partial charge in [0.05, 0.1) is 7.11 Å². The summed E-state index contributed by atoms with van der Waals surface area (Å²) < 4.78 is 4.98. The van der Waals surface area contributed by atoms with Crippen LogP contribution >= 0.6 is 0 Å². The molecule has 2 aliphatic rings. The highest BCUT2D eigenvalue weighted by Crippen LogP contribution is 2.44. The number of rotatable bonds is 3. The first-order valence-electron chi connectivity index (χ1n) is 7.91. The van der Waals surface area contributed by atoms with Crippen LogP contribution in [-0.4, -0.2) is 13.1 Å². The first-order chi connectivity index (χ1) is 10.00. The highest BCUT2D eigenvalue weighted by Gasteiger charge is 2.31. The maximum atomic E-state index is 12.1. The van der Waals surface area contributed by atoms with Crippen molar-refractivity contribution in [2.45, 2.75) is 51.9 Å². The van der Waals surface area contributed by atoms with Crippen molar-refractivity contribution in [1.82, 2.24) is 0 Å². The first kappa shape index (κ1) is 14.4. The highest BCUT2D eigenvalue weighted by molar-refractivity contribution is 5.98. The van der Waals surface area contributed by atoms with E-state index in [-0.39, 0.29) is 11.4 Å². The van der Waals surface area contributed by atoms with Gasteiger partial charge in [-0.1, -0.05) is 38.1 Å². The summed E-state index contributed by atoms with van der Waals surface area (Å²) >= 11 is 0. The van der Waals surface area contributed by atoms with E-state index in [0.717, 1.165) is 30.8 Å². The molecule has 0 radical (unpaired) electrons. The van der Waals surface area contributed by atoms with Crippen LogP contribution in [0.3, 0.4) is 0 Å². The van der Waals surface area contributed by atoms with Gasteiger partial charge >= 0.3 is 5.97 Å². The second-order valence-corrected chi connectivity index (χ2v) is 7.19. The number of esters is 1. The van der Waals surface area contributed by atoms with Gasteiger partial charge in [0, 0.05) is 5.57 Å². The predicted molar refractivity (Wildman–Crippen MR) is 85.0 cm³/mol. The molecule has 0 N–H and O–H groups in total. The van der Waals surface area contributed by atoms with Gasteiger partial charge in [0.2, 0.25) is 0 Å². The van der Waals surface area contributed by atoms with Crippen molar-refractivity contribution < 1.29 is 9.53 Å². The smallest absolute Gasteiger partial charge is 0.334 e. The van der Waals surface area contributed by atoms with Gasteiger partial charge in [-0.2, -0.15) is 0 Å². The molecule has 112 valence electrons. The van der Waals surface area contributed by atoms with E-state index < -0.39 is 0 Å². The SMILES string of the molecule is COC(=O)C1=C(c2ccc(C3CC3)cc2)CC(C)(C)CC1. The third-order valence-electron chi connectivity index (χ3n) is 4.81. The largest absolute Gasteiger partial charge is 0.466 e. The Morgan fingerprint density at radius 2 is 1.86 bits per heavy atom. The summed E-state index contributed by atoms with van der Waals surface area (Å²) in [5, 5.41) is 0. The van der Waals surface area contributed by atoms with Crippen molar-refractivity contribution >= 4 is 11.5 Å². The summed E-state index contributed by atoms with van der Waals surface area (Å²) in [5.41, 5.74) is 4.93. The molecule has 0 heterocycles. The maximum Gasteiger partial charge on any atom is 0.334 e. The average Bonchev–Trinajstić information content (AvgIpc) is 3.30. The Morgan fingerprint density at radius 3 is 2.43 bits per heavy atom. The number of methoxy groups -OCH3 is 1. The van der Waals surface area contributed by atoms with Crippen LogP contribution in [-0.2, 0) is 9.53 Å². The Labute approximate surface area is 127 Å². The van der Waals surface area contributed by atoms with Crippen molar-refractivity contribution in [2.75, 3.05) is 7.11 Å². The fourth-order valence-corrected chi connectivity index (χ4v) is 3.29. The van der Waals surface area contributed by atoms with Crippen molar-refractivity contribution in [3.63, 3.8) is 0 Å². The van der Waals surface area contributed by atoms with E-state index >= 15 is 0 Å². The van der Waals surface area contributed by atoms with Crippen LogP contribution in [0, 0.1) is 5.41 Å². The van der Waals surface area contributed by atoms with E-state index in [1.165, 1.54) is 36.7 Å². The van der Waals surface area contributed by atoms with Gasteiger partial charge in [0.25, 0.3) is 0 Å². The molecule has 1 saturated carbocycles. The third-order valence-corrected chi connectivity index (χ3v) is 4.81. The molecule has 1 aromatic carbocycles. The molecule has 2 aliphatic carbocycles. The molecule has 0 aliphatic heterocycles. The lowest BCUT2D eigenvalue weighted by Gasteiger charge is -2.32. The molecule has 0 unspecified atom stereocenters. The fraction of sp³-hybridized carbons (Fsp3) is 0.526. The summed E-state index contributed by atoms with van der Waals surface area (Å²) in [6, 6.07) is 8.84. The molecule has 21 heavy (non-hydrogen) atoms. The van der Waals surface area contributed by atoms with Crippen LogP contribution in [0.1, 0.15) is 63.0 Å². The number of hydrogen-bond donors (Lipinski definition) is 0. The highest BCUT2D eigenvalue weighted by atomic mass is 16.5. The first-order valence-corrected chi connectivity index (χ1v) is 7.91. The number of carbonyl (C=O) groups excluding carboxylic acids is 1. The lowest BCUT2D eigenvalue weighted by atomic mass is 9.72. The summed E-state index contributed by atoms with van der Waals surface area (Å²) in [5.74, 6) is 0.614. The van der Waals surface area contributed by atoms with E-state index in [1.807, 2.05) is 0 Å². The van der Waals surface area contributed by atoms with Gasteiger partial charge in [-0.3, -0.25) is 0 Å². The monoisotopic (exact) mass is 284 g/mol. The maximum absolute atomic E-state index is 12.1. The fourth-order valence-electron chi connectivity index (χ4n) is 3.29. The zero-order valence-corrected chi connectivity index (χ0v) is 13.2. The zero-order valence-electron chi connectivity index (χ0n) is 13.2. The molecule has 0 aromatic heterocycles. The molecule has 2 nitrogen and oxygen atoms in total. The molecule has 1 fully saturated rings. The quantitative estimate of drug-likeness (QED) is 0.752. The molecule has 2 heteroatoms. The van der Waals surface area contributed by atoms with Gasteiger partial charge in [-0.15, -0.1) is 0 Å². The average molecular weight is 284 g/mol. The molecule has 0 amide bonds. The van der Waals surface area contributed by atoms with E-state index in [0.29, 0.717) is 0 Å². The Bertz CT molecular complexity index is 574. The molecule has 0 saturated heterocycles. The minimum absolute atomic E-state index is 0.160. The zero-order chi connectivity index (χ0) is 15.0. The minimum atomic E-state index is -0.160. The molecule has 0 bridgehead atoms. The van der Waals surface area contributed by atoms with E-state index in [1.54, 1.807) is 0 Å². The lowest BCUT2D eigenvalue weighted by Crippen LogP contribution is -2.21. The van der Waals surface area contributed by atoms with Crippen molar-refractivity contribution in [1.29, 1.82) is 0 Å². The van der Waals surface area contributed by atoms with Gasteiger partial charge in [0.1, 0.15) is 0 Å². The number of allylic oxidation sites excluding steroid dienone is 1. The molecule has 0 spiro atoms. The molecular weight excluding hydrogens is 260 g/mol. The standard InChI is InChI=1S/C19H24O2/c1-19(2)11-10-16(18(20)21-3)17(12-19)15-8-6-14(7-9-15)13-4-5-13/h6-9,13H,4-5,10-12H2,1-3H3. The van der Waals surface area contributed by atoms with Crippen molar-refractivity contribution in [2.24, 2.45) is 5.41 Å². The van der Waals surface area contributed by atoms with E-state index in [2.05, 4.69) is 38.1 Å². The summed E-state index contributed by atoms with van der Waals surface area (Å²) in [6.07, 6.45) is 5.45. The summed E-state index contributed by atoms with van der Waals surface area (Å²) in [7, 11) is 1.48. The topological polar surface area (TPSA) is 26.3 Å². The Hall–Kier alpha value is -1.57. The van der Waals surface area contributed by atoms with E-state index in [9.17, 15) is 4.79 Å². The van der Waals surface area contributed by atoms with Crippen LogP contribution in [0.25, 0.3) is 5.57 Å². The number of ether oxygens (including phenoxy) is 1. The Kier molecular flexibility index (Phi) is 3.64. The predicted octanol–water partition coefficient (Wildman–Crippen LogP) is 4.70. The van der Waals surface area contributed by atoms with Gasteiger partial charge in [0.15, 0.2) is 0 Å². The molecule has 3 rings (SSSR count). The van der Waals surface area contributed by atoms with Crippen LogP contribution in [0.5, 0.6) is 0 Å². The number of hydrogen-bond acceptors (Lipinski definition) is 2. The van der Waals surface area contributed by atoms with Crippen LogP contribution in [0.15, 0.2) is 29.8 Å². The molecular formula is C19H24O2. The summed E-state index contributed by atoms with van der Waals surface area (Å²) in [6.45, 7) is 4.55. The molecule has 0 atom stereocenters. The third kappa shape index (κ3) is 3.04. The number of carbonyl (C=O) groups is 1. The van der Waals surface area contributed by atoms with Crippen LogP contribution in [0.4, 0.5) is 0 Å². The normalized spacial score (nSPS) is 21.3. The molecule has 1 aromatic rings. The van der Waals surface area contributed by atoms with Crippen LogP contribution in [0.2, 0.25) is 0 Å². The Morgan fingerprint density at radius 1 is 1.19 bits per heavy atom. The second-order valence-electron chi connectivity index (χ2n) is 7.19. The number of benzene rings is 1. The van der Waals surface area contributed by atoms with E-state index in [4.69, 9.17) is 4.74 Å². The van der Waals surface area contributed by atoms with Crippen molar-refractivity contribution in [3.8, 4) is 0 Å². The minimum Gasteiger partial charge on any atom is -0.466 e. The summed E-state index contributed by atoms with van der Waals surface area (Å²) in [4.78, 5) is 12.1. The lowest BCUT2D eigenvalue weighted by molar-refractivity contribution is -0.136.